The van der Waals surface area contributed by atoms with Crippen LogP contribution in [-0.4, -0.2) is 19.5 Å². The van der Waals surface area contributed by atoms with Gasteiger partial charge < -0.3 is 0 Å². The number of fused-ring (bicyclic) bond motifs is 14. The van der Waals surface area contributed by atoms with Crippen LogP contribution in [0.5, 0.6) is 0 Å². The number of hydrogen-bond donors (Lipinski definition) is 0. The first-order chi connectivity index (χ1) is 29.7. The molecule has 13 rings (SSSR count). The summed E-state index contributed by atoms with van der Waals surface area (Å²) in [5, 5.41) is 4.62. The molecule has 0 radical (unpaired) electrons. The summed E-state index contributed by atoms with van der Waals surface area (Å²) in [4.78, 5) is 15.5. The molecule has 0 atom stereocenters. The molecule has 0 N–H and O–H groups in total. The molecule has 2 aromatic heterocycles. The first-order valence-electron chi connectivity index (χ1n) is 20.5. The van der Waals surface area contributed by atoms with Crippen molar-refractivity contribution in [1.29, 1.82) is 0 Å². The molecule has 0 fully saturated rings. The van der Waals surface area contributed by atoms with Crippen LogP contribution >= 0.6 is 0 Å². The molecule has 0 amide bonds. The molecule has 4 heteroatoms. The number of para-hydroxylation sites is 1. The van der Waals surface area contributed by atoms with Crippen LogP contribution < -0.4 is 0 Å². The topological polar surface area (TPSA) is 43.6 Å². The third kappa shape index (κ3) is 4.59. The van der Waals surface area contributed by atoms with Gasteiger partial charge in [-0.25, -0.2) is 4.98 Å². The van der Waals surface area contributed by atoms with E-state index >= 15 is 0 Å². The highest BCUT2D eigenvalue weighted by atomic mass is 15.2. The van der Waals surface area contributed by atoms with Gasteiger partial charge in [-0.15, -0.1) is 0 Å². The minimum absolute atomic E-state index is 0.357. The maximum Gasteiger partial charge on any atom is 0.238 e. The van der Waals surface area contributed by atoms with E-state index in [0.29, 0.717) is 17.6 Å². The average molecular weight is 763 g/mol. The highest BCUT2D eigenvalue weighted by molar-refractivity contribution is 6.10. The van der Waals surface area contributed by atoms with E-state index in [9.17, 15) is 0 Å². The van der Waals surface area contributed by atoms with E-state index in [4.69, 9.17) is 15.0 Å². The van der Waals surface area contributed by atoms with E-state index < -0.39 is 0 Å². The van der Waals surface area contributed by atoms with Crippen LogP contribution in [0.3, 0.4) is 0 Å². The second kappa shape index (κ2) is 12.5. The van der Waals surface area contributed by atoms with Crippen molar-refractivity contribution in [1.82, 2.24) is 19.5 Å². The average Bonchev–Trinajstić information content (AvgIpc) is 3.93. The maximum atomic E-state index is 5.23. The van der Waals surface area contributed by atoms with E-state index in [1.165, 1.54) is 55.5 Å². The van der Waals surface area contributed by atoms with E-state index in [1.807, 2.05) is 18.2 Å². The lowest BCUT2D eigenvalue weighted by atomic mass is 9.70. The summed E-state index contributed by atoms with van der Waals surface area (Å²) in [6, 6.07) is 74.5. The number of rotatable bonds is 4. The van der Waals surface area contributed by atoms with Crippen LogP contribution in [0.2, 0.25) is 0 Å². The van der Waals surface area contributed by atoms with Crippen LogP contribution in [0.4, 0.5) is 0 Å². The number of aromatic nitrogens is 4. The van der Waals surface area contributed by atoms with Gasteiger partial charge in [0.2, 0.25) is 5.95 Å². The van der Waals surface area contributed by atoms with Crippen molar-refractivity contribution >= 4 is 32.6 Å². The van der Waals surface area contributed by atoms with E-state index in [-0.39, 0.29) is 5.41 Å². The quantitative estimate of drug-likeness (QED) is 0.179. The van der Waals surface area contributed by atoms with Gasteiger partial charge in [-0.2, -0.15) is 9.97 Å². The van der Waals surface area contributed by atoms with Crippen LogP contribution in [-0.2, 0) is 5.41 Å². The molecule has 278 valence electrons. The molecule has 2 aliphatic rings. The summed E-state index contributed by atoms with van der Waals surface area (Å²) >= 11 is 0. The smallest absolute Gasteiger partial charge is 0.238 e. The molecule has 60 heavy (non-hydrogen) atoms. The van der Waals surface area contributed by atoms with Gasteiger partial charge in [0.25, 0.3) is 0 Å². The summed E-state index contributed by atoms with van der Waals surface area (Å²) in [6.45, 7) is 0. The molecule has 0 unspecified atom stereocenters. The van der Waals surface area contributed by atoms with Gasteiger partial charge in [0, 0.05) is 21.9 Å². The van der Waals surface area contributed by atoms with Gasteiger partial charge >= 0.3 is 0 Å². The minimum Gasteiger partial charge on any atom is -0.278 e. The summed E-state index contributed by atoms with van der Waals surface area (Å²) in [5.74, 6) is 1.85. The molecule has 4 nitrogen and oxygen atoms in total. The summed E-state index contributed by atoms with van der Waals surface area (Å²) in [7, 11) is 0. The predicted molar refractivity (Wildman–Crippen MR) is 244 cm³/mol. The highest BCUT2D eigenvalue weighted by Gasteiger charge is 2.51. The third-order valence-corrected chi connectivity index (χ3v) is 12.9. The van der Waals surface area contributed by atoms with E-state index in [2.05, 4.69) is 193 Å². The van der Waals surface area contributed by atoms with Crippen LogP contribution in [0, 0.1) is 0 Å². The lowest BCUT2D eigenvalue weighted by Gasteiger charge is -2.30. The molecule has 2 aliphatic carbocycles. The van der Waals surface area contributed by atoms with Crippen molar-refractivity contribution in [3.05, 3.63) is 229 Å². The Morgan fingerprint density at radius 1 is 0.317 bits per heavy atom. The van der Waals surface area contributed by atoms with E-state index in [0.717, 1.165) is 43.9 Å². The normalized spacial score (nSPS) is 13.1. The Kier molecular flexibility index (Phi) is 6.90. The Balaban J connectivity index is 0.994. The molecular weight excluding hydrogens is 729 g/mol. The third-order valence-electron chi connectivity index (χ3n) is 12.9. The largest absolute Gasteiger partial charge is 0.278 e. The lowest BCUT2D eigenvalue weighted by molar-refractivity contribution is 0.794. The number of hydrogen-bond acceptors (Lipinski definition) is 3. The molecule has 1 spiro atoms. The zero-order valence-corrected chi connectivity index (χ0v) is 32.4. The van der Waals surface area contributed by atoms with Crippen molar-refractivity contribution in [2.45, 2.75) is 5.41 Å². The second-order valence-corrected chi connectivity index (χ2v) is 15.9. The first-order valence-corrected chi connectivity index (χ1v) is 20.5. The molecule has 0 saturated heterocycles. The maximum absolute atomic E-state index is 5.23. The van der Waals surface area contributed by atoms with Crippen molar-refractivity contribution in [2.24, 2.45) is 0 Å². The van der Waals surface area contributed by atoms with Crippen molar-refractivity contribution < 1.29 is 0 Å². The Morgan fingerprint density at radius 2 is 0.850 bits per heavy atom. The second-order valence-electron chi connectivity index (χ2n) is 15.9. The van der Waals surface area contributed by atoms with Gasteiger partial charge in [-0.3, -0.25) is 4.57 Å². The van der Waals surface area contributed by atoms with Crippen molar-refractivity contribution in [3.8, 4) is 62.1 Å². The van der Waals surface area contributed by atoms with Gasteiger partial charge in [0.1, 0.15) is 0 Å². The zero-order valence-electron chi connectivity index (χ0n) is 32.4. The fraction of sp³-hybridized carbons (Fsp3) is 0.0179. The van der Waals surface area contributed by atoms with Crippen LogP contribution in [0.15, 0.2) is 206 Å². The lowest BCUT2D eigenvalue weighted by Crippen LogP contribution is -2.25. The molecule has 2 heterocycles. The highest BCUT2D eigenvalue weighted by Crippen LogP contribution is 2.63. The minimum atomic E-state index is -0.357. The molecular formula is C56H34N4. The first kappa shape index (κ1) is 33.1. The monoisotopic (exact) mass is 762 g/mol. The summed E-state index contributed by atoms with van der Waals surface area (Å²) in [6.07, 6.45) is 0. The summed E-state index contributed by atoms with van der Waals surface area (Å²) < 4.78 is 2.20. The summed E-state index contributed by atoms with van der Waals surface area (Å²) in [5.41, 5.74) is 16.6. The predicted octanol–water partition coefficient (Wildman–Crippen LogP) is 13.5. The fourth-order valence-corrected chi connectivity index (χ4v) is 10.3. The standard InChI is InChI=1S/C56H34N4/c1-2-15-36(16-3-1)53-57-54(40-27-26-35-14-4-5-17-37(35)32-40)59-55(58-53)60-51-25-13-9-21-44(51)46-34-39(29-31-52(46)60)38-28-30-50-45(33-38)43-20-8-12-24-49(43)56(50)47-22-10-6-18-41(47)42-19-7-11-23-48(42)56/h1-34H. The SMILES string of the molecule is c1ccc(-c2nc(-c3ccc4ccccc4c3)nc(-n3c4ccccc4c4cc(-c5ccc6c(c5)-c5ccccc5C65c6ccccc6-c6ccccc65)ccc43)n2)cc1. The molecule has 0 bridgehead atoms. The van der Waals surface area contributed by atoms with Gasteiger partial charge in [-0.05, 0) is 96.7 Å². The number of benzene rings is 9. The van der Waals surface area contributed by atoms with Crippen LogP contribution in [0.25, 0.3) is 94.7 Å². The molecule has 11 aromatic rings. The molecule has 0 saturated carbocycles. The zero-order chi connectivity index (χ0) is 39.4. The van der Waals surface area contributed by atoms with E-state index in [1.54, 1.807) is 0 Å². The van der Waals surface area contributed by atoms with Gasteiger partial charge in [-0.1, -0.05) is 176 Å². The molecule has 0 aliphatic heterocycles. The Morgan fingerprint density at radius 3 is 1.60 bits per heavy atom. The van der Waals surface area contributed by atoms with Gasteiger partial charge in [0.05, 0.1) is 16.4 Å². The Hall–Kier alpha value is -7.95. The van der Waals surface area contributed by atoms with Crippen molar-refractivity contribution in [2.75, 3.05) is 0 Å². The van der Waals surface area contributed by atoms with Crippen LogP contribution in [0.1, 0.15) is 22.3 Å². The Bertz CT molecular complexity index is 3520. The number of nitrogens with zero attached hydrogens (tertiary/aromatic N) is 4. The fourth-order valence-electron chi connectivity index (χ4n) is 10.3. The van der Waals surface area contributed by atoms with Gasteiger partial charge in [0.15, 0.2) is 11.6 Å². The molecule has 9 aromatic carbocycles. The Labute approximate surface area is 346 Å². The van der Waals surface area contributed by atoms with Crippen molar-refractivity contribution in [3.63, 3.8) is 0 Å².